The molecule has 3 rings (SSSR count). The molecule has 120 valence electrons. The number of halogens is 1. The van der Waals surface area contributed by atoms with Crippen LogP contribution in [0.3, 0.4) is 0 Å². The molecule has 5 heteroatoms. The lowest BCUT2D eigenvalue weighted by Crippen LogP contribution is -2.48. The summed E-state index contributed by atoms with van der Waals surface area (Å²) in [5, 5.41) is 6.16. The average molecular weight is 375 g/mol. The van der Waals surface area contributed by atoms with Gasteiger partial charge in [0.15, 0.2) is 0 Å². The normalized spacial score (nSPS) is 14.1. The van der Waals surface area contributed by atoms with Crippen molar-refractivity contribution >= 4 is 21.8 Å². The number of benzene rings is 2. The first kappa shape index (κ1) is 16.0. The predicted octanol–water partition coefficient (Wildman–Crippen LogP) is 2.98. The molecule has 23 heavy (non-hydrogen) atoms. The van der Waals surface area contributed by atoms with Crippen LogP contribution < -0.4 is 15.4 Å². The molecule has 0 spiro atoms. The van der Waals surface area contributed by atoms with E-state index in [2.05, 4.69) is 26.6 Å². The molecule has 4 nitrogen and oxygen atoms in total. The van der Waals surface area contributed by atoms with E-state index < -0.39 is 0 Å². The smallest absolute Gasteiger partial charge is 0.251 e. The van der Waals surface area contributed by atoms with Crippen molar-refractivity contribution in [2.45, 2.75) is 6.61 Å². The number of carbonyl (C=O) groups excluding carboxylic acids is 1. The summed E-state index contributed by atoms with van der Waals surface area (Å²) in [6.07, 6.45) is 0. The first-order chi connectivity index (χ1) is 11.2. The molecule has 0 atom stereocenters. The Labute approximate surface area is 144 Å². The minimum absolute atomic E-state index is 0.0526. The zero-order valence-corrected chi connectivity index (χ0v) is 14.3. The van der Waals surface area contributed by atoms with Gasteiger partial charge in [0.1, 0.15) is 12.4 Å². The summed E-state index contributed by atoms with van der Waals surface area (Å²) in [7, 11) is 0. The van der Waals surface area contributed by atoms with Crippen molar-refractivity contribution in [3.05, 3.63) is 64.1 Å². The molecule has 1 saturated heterocycles. The van der Waals surface area contributed by atoms with Crippen molar-refractivity contribution in [1.82, 2.24) is 10.6 Å². The molecule has 0 unspecified atom stereocenters. The van der Waals surface area contributed by atoms with Crippen LogP contribution in [0.15, 0.2) is 53.0 Å². The molecule has 0 saturated carbocycles. The fraction of sp³-hybridized carbons (Fsp3) is 0.278. The first-order valence-corrected chi connectivity index (χ1v) is 8.47. The Bertz CT molecular complexity index is 686. The van der Waals surface area contributed by atoms with Gasteiger partial charge in [-0.3, -0.25) is 4.79 Å². The van der Waals surface area contributed by atoms with Crippen LogP contribution in [0.25, 0.3) is 0 Å². The van der Waals surface area contributed by atoms with Gasteiger partial charge in [0.05, 0.1) is 0 Å². The summed E-state index contributed by atoms with van der Waals surface area (Å²) in [6, 6.07) is 15.2. The first-order valence-electron chi connectivity index (χ1n) is 7.67. The van der Waals surface area contributed by atoms with E-state index in [-0.39, 0.29) is 5.91 Å². The standard InChI is InChI=1S/C18H19BrN2O2/c19-17-7-2-1-4-15(17)12-23-16-6-3-5-14(8-16)18(22)21-11-13-9-20-10-13/h1-8,13,20H,9-12H2,(H,21,22). The largest absolute Gasteiger partial charge is 0.489 e. The van der Waals surface area contributed by atoms with Gasteiger partial charge in [-0.2, -0.15) is 0 Å². The molecular formula is C18H19BrN2O2. The van der Waals surface area contributed by atoms with Gasteiger partial charge in [0.25, 0.3) is 5.91 Å². The molecule has 2 aromatic rings. The van der Waals surface area contributed by atoms with Crippen molar-refractivity contribution < 1.29 is 9.53 Å². The van der Waals surface area contributed by atoms with Crippen LogP contribution in [0.1, 0.15) is 15.9 Å². The Morgan fingerprint density at radius 3 is 2.78 bits per heavy atom. The summed E-state index contributed by atoms with van der Waals surface area (Å²) in [6.45, 7) is 3.14. The minimum Gasteiger partial charge on any atom is -0.489 e. The van der Waals surface area contributed by atoms with Crippen molar-refractivity contribution in [2.75, 3.05) is 19.6 Å². The van der Waals surface area contributed by atoms with Crippen molar-refractivity contribution in [3.63, 3.8) is 0 Å². The van der Waals surface area contributed by atoms with E-state index in [1.165, 1.54) is 0 Å². The van der Waals surface area contributed by atoms with Gasteiger partial charge in [-0.05, 0) is 24.3 Å². The number of amides is 1. The van der Waals surface area contributed by atoms with Crippen LogP contribution in [0.4, 0.5) is 0 Å². The maximum Gasteiger partial charge on any atom is 0.251 e. The summed E-state index contributed by atoms with van der Waals surface area (Å²) >= 11 is 3.50. The Hall–Kier alpha value is -1.85. The van der Waals surface area contributed by atoms with E-state index in [1.54, 1.807) is 12.1 Å². The topological polar surface area (TPSA) is 50.4 Å². The van der Waals surface area contributed by atoms with Crippen LogP contribution in [-0.4, -0.2) is 25.5 Å². The Morgan fingerprint density at radius 1 is 1.22 bits per heavy atom. The number of nitrogens with one attached hydrogen (secondary N) is 2. The van der Waals surface area contributed by atoms with E-state index in [0.717, 1.165) is 23.1 Å². The lowest BCUT2D eigenvalue weighted by Gasteiger charge is -2.27. The summed E-state index contributed by atoms with van der Waals surface area (Å²) in [5.74, 6) is 1.19. The van der Waals surface area contributed by atoms with Gasteiger partial charge in [-0.15, -0.1) is 0 Å². The van der Waals surface area contributed by atoms with Crippen LogP contribution >= 0.6 is 15.9 Å². The molecule has 2 N–H and O–H groups in total. The van der Waals surface area contributed by atoms with Gasteiger partial charge in [-0.25, -0.2) is 0 Å². The van der Waals surface area contributed by atoms with Gasteiger partial charge in [-0.1, -0.05) is 40.2 Å². The Morgan fingerprint density at radius 2 is 2.04 bits per heavy atom. The SMILES string of the molecule is O=C(NCC1CNC1)c1cccc(OCc2ccccc2Br)c1. The molecule has 1 heterocycles. The van der Waals surface area contributed by atoms with E-state index in [4.69, 9.17) is 4.74 Å². The molecule has 2 aromatic carbocycles. The quantitative estimate of drug-likeness (QED) is 0.816. The predicted molar refractivity (Wildman–Crippen MR) is 93.6 cm³/mol. The average Bonchev–Trinajstić information content (AvgIpc) is 2.53. The monoisotopic (exact) mass is 374 g/mol. The molecule has 1 aliphatic heterocycles. The lowest BCUT2D eigenvalue weighted by atomic mass is 10.0. The highest BCUT2D eigenvalue weighted by atomic mass is 79.9. The molecule has 1 aliphatic rings. The van der Waals surface area contributed by atoms with Crippen LogP contribution in [-0.2, 0) is 6.61 Å². The minimum atomic E-state index is -0.0526. The van der Waals surface area contributed by atoms with E-state index in [1.807, 2.05) is 36.4 Å². The number of hydrogen-bond acceptors (Lipinski definition) is 3. The van der Waals surface area contributed by atoms with Crippen molar-refractivity contribution in [3.8, 4) is 5.75 Å². The van der Waals surface area contributed by atoms with Crippen LogP contribution in [0.5, 0.6) is 5.75 Å². The third-order valence-electron chi connectivity index (χ3n) is 3.87. The second kappa shape index (κ2) is 7.62. The molecule has 0 bridgehead atoms. The summed E-state index contributed by atoms with van der Waals surface area (Å²) in [4.78, 5) is 12.2. The Kier molecular flexibility index (Phi) is 5.31. The molecule has 1 fully saturated rings. The fourth-order valence-electron chi connectivity index (χ4n) is 2.34. The summed E-state index contributed by atoms with van der Waals surface area (Å²) in [5.41, 5.74) is 1.70. The van der Waals surface area contributed by atoms with Crippen LogP contribution in [0.2, 0.25) is 0 Å². The van der Waals surface area contributed by atoms with E-state index >= 15 is 0 Å². The van der Waals surface area contributed by atoms with Crippen molar-refractivity contribution in [1.29, 1.82) is 0 Å². The molecule has 1 amide bonds. The number of hydrogen-bond donors (Lipinski definition) is 2. The number of rotatable bonds is 6. The fourth-order valence-corrected chi connectivity index (χ4v) is 2.73. The third kappa shape index (κ3) is 4.33. The maximum absolute atomic E-state index is 12.2. The molecule has 0 aliphatic carbocycles. The Balaban J connectivity index is 1.58. The molecule has 0 radical (unpaired) electrons. The van der Waals surface area contributed by atoms with Gasteiger partial charge in [0, 0.05) is 41.2 Å². The van der Waals surface area contributed by atoms with Crippen LogP contribution in [0, 0.1) is 5.92 Å². The summed E-state index contributed by atoms with van der Waals surface area (Å²) < 4.78 is 6.82. The zero-order valence-electron chi connectivity index (χ0n) is 12.7. The highest BCUT2D eigenvalue weighted by Gasteiger charge is 2.17. The van der Waals surface area contributed by atoms with Gasteiger partial charge in [0.2, 0.25) is 0 Å². The van der Waals surface area contributed by atoms with E-state index in [0.29, 0.717) is 30.4 Å². The number of ether oxygens (including phenoxy) is 1. The molecular weight excluding hydrogens is 356 g/mol. The second-order valence-electron chi connectivity index (χ2n) is 5.64. The zero-order chi connectivity index (χ0) is 16.1. The van der Waals surface area contributed by atoms with Gasteiger partial charge < -0.3 is 15.4 Å². The van der Waals surface area contributed by atoms with Crippen molar-refractivity contribution in [2.24, 2.45) is 5.92 Å². The maximum atomic E-state index is 12.2. The van der Waals surface area contributed by atoms with Gasteiger partial charge >= 0.3 is 0 Å². The third-order valence-corrected chi connectivity index (χ3v) is 4.64. The highest BCUT2D eigenvalue weighted by Crippen LogP contribution is 2.20. The number of carbonyl (C=O) groups is 1. The lowest BCUT2D eigenvalue weighted by molar-refractivity contribution is 0.0941. The molecule has 0 aromatic heterocycles. The van der Waals surface area contributed by atoms with E-state index in [9.17, 15) is 4.79 Å². The highest BCUT2D eigenvalue weighted by molar-refractivity contribution is 9.10. The second-order valence-corrected chi connectivity index (χ2v) is 6.50.